The molecule has 0 bridgehead atoms. The normalized spacial score (nSPS) is 20.3. The van der Waals surface area contributed by atoms with Crippen LogP contribution in [-0.2, 0) is 11.0 Å². The average Bonchev–Trinajstić information content (AvgIpc) is 2.64. The van der Waals surface area contributed by atoms with E-state index in [4.69, 9.17) is 0 Å². The molecule has 1 fully saturated rings. The summed E-state index contributed by atoms with van der Waals surface area (Å²) in [6, 6.07) is 5.98. The number of pyridine rings is 1. The number of halogens is 3. The van der Waals surface area contributed by atoms with Crippen LogP contribution in [0.25, 0.3) is 10.9 Å². The van der Waals surface area contributed by atoms with Gasteiger partial charge in [-0.3, -0.25) is 9.78 Å². The number of rotatable bonds is 4. The van der Waals surface area contributed by atoms with Crippen molar-refractivity contribution in [3.05, 3.63) is 36.0 Å². The third-order valence-corrected chi connectivity index (χ3v) is 5.42. The van der Waals surface area contributed by atoms with E-state index in [0.29, 0.717) is 24.4 Å². The van der Waals surface area contributed by atoms with Crippen LogP contribution in [0.3, 0.4) is 0 Å². The van der Waals surface area contributed by atoms with Crippen molar-refractivity contribution >= 4 is 22.5 Å². The molecule has 2 aromatic rings. The molecule has 1 amide bonds. The maximum absolute atomic E-state index is 13.4. The van der Waals surface area contributed by atoms with Crippen molar-refractivity contribution in [2.75, 3.05) is 45.7 Å². The zero-order chi connectivity index (χ0) is 21.3. The molecule has 1 aromatic carbocycles. The molecule has 1 saturated heterocycles. The van der Waals surface area contributed by atoms with Crippen LogP contribution in [0, 0.1) is 5.92 Å². The molecule has 2 unspecified atom stereocenters. The molecule has 5 nitrogen and oxygen atoms in total. The Labute approximate surface area is 169 Å². The van der Waals surface area contributed by atoms with E-state index < -0.39 is 11.7 Å². The smallest absolute Gasteiger partial charge is 0.369 e. The summed E-state index contributed by atoms with van der Waals surface area (Å²) in [6.07, 6.45) is -2.21. The lowest BCUT2D eigenvalue weighted by Gasteiger charge is -2.42. The van der Waals surface area contributed by atoms with Gasteiger partial charge in [0.2, 0.25) is 5.91 Å². The predicted octanol–water partition coefficient (Wildman–Crippen LogP) is 3.49. The summed E-state index contributed by atoms with van der Waals surface area (Å²) in [4.78, 5) is 22.2. The van der Waals surface area contributed by atoms with Crippen molar-refractivity contribution in [3.8, 4) is 0 Å². The number of benzene rings is 1. The number of nitrogens with zero attached hydrogens (tertiary/aromatic N) is 4. The van der Waals surface area contributed by atoms with E-state index in [1.807, 2.05) is 19.0 Å². The molecule has 0 radical (unpaired) electrons. The number of amides is 1. The summed E-state index contributed by atoms with van der Waals surface area (Å²) < 4.78 is 40.2. The van der Waals surface area contributed by atoms with Crippen LogP contribution in [0.5, 0.6) is 0 Å². The van der Waals surface area contributed by atoms with Gasteiger partial charge < -0.3 is 14.7 Å². The first-order valence-electron chi connectivity index (χ1n) is 9.68. The van der Waals surface area contributed by atoms with Crippen LogP contribution < -0.4 is 4.90 Å². The van der Waals surface area contributed by atoms with Crippen LogP contribution in [0.15, 0.2) is 30.5 Å². The van der Waals surface area contributed by atoms with Gasteiger partial charge in [-0.1, -0.05) is 6.92 Å². The first-order valence-corrected chi connectivity index (χ1v) is 9.68. The Hall–Kier alpha value is -2.35. The van der Waals surface area contributed by atoms with Crippen molar-refractivity contribution < 1.29 is 18.0 Å². The van der Waals surface area contributed by atoms with Gasteiger partial charge >= 0.3 is 6.18 Å². The van der Waals surface area contributed by atoms with E-state index >= 15 is 0 Å². The Kier molecular flexibility index (Phi) is 6.03. The fourth-order valence-corrected chi connectivity index (χ4v) is 4.04. The summed E-state index contributed by atoms with van der Waals surface area (Å²) in [5.41, 5.74) is -0.0350. The van der Waals surface area contributed by atoms with Crippen LogP contribution in [-0.4, -0.2) is 67.5 Å². The van der Waals surface area contributed by atoms with Gasteiger partial charge in [0.05, 0.1) is 17.6 Å². The number of anilines is 1. The highest BCUT2D eigenvalue weighted by Crippen LogP contribution is 2.38. The number of alkyl halides is 3. The SMILES string of the molecule is CC1CC(N(C)C(=O)CN(C)C)CN(c2ccc(C(F)(F)F)c3ncccc23)C1. The first-order chi connectivity index (χ1) is 13.6. The molecule has 0 spiro atoms. The Bertz CT molecular complexity index is 884. The second-order valence-electron chi connectivity index (χ2n) is 8.17. The van der Waals surface area contributed by atoms with Crippen molar-refractivity contribution in [3.63, 3.8) is 0 Å². The number of carbonyl (C=O) groups is 1. The van der Waals surface area contributed by atoms with Crippen LogP contribution in [0.4, 0.5) is 18.9 Å². The third-order valence-electron chi connectivity index (χ3n) is 5.42. The number of hydrogen-bond acceptors (Lipinski definition) is 4. The molecule has 1 aromatic heterocycles. The third kappa shape index (κ3) is 4.63. The molecule has 0 saturated carbocycles. The van der Waals surface area contributed by atoms with Gasteiger partial charge in [-0.2, -0.15) is 13.2 Å². The molecule has 3 rings (SSSR count). The fourth-order valence-electron chi connectivity index (χ4n) is 4.04. The largest absolute Gasteiger partial charge is 0.418 e. The van der Waals surface area contributed by atoms with Crippen molar-refractivity contribution in [1.29, 1.82) is 0 Å². The Morgan fingerprint density at radius 3 is 2.59 bits per heavy atom. The molecule has 0 N–H and O–H groups in total. The Morgan fingerprint density at radius 2 is 1.93 bits per heavy atom. The number of hydrogen-bond donors (Lipinski definition) is 0. The summed E-state index contributed by atoms with van der Waals surface area (Å²) in [6.45, 7) is 3.74. The molecular weight excluding hydrogens is 381 g/mol. The highest BCUT2D eigenvalue weighted by Gasteiger charge is 2.35. The minimum atomic E-state index is -4.46. The highest BCUT2D eigenvalue weighted by atomic mass is 19.4. The van der Waals surface area contributed by atoms with Crippen molar-refractivity contribution in [2.24, 2.45) is 5.92 Å². The number of fused-ring (bicyclic) bond motifs is 1. The number of piperidine rings is 1. The van der Waals surface area contributed by atoms with Crippen molar-refractivity contribution in [1.82, 2.24) is 14.8 Å². The summed E-state index contributed by atoms with van der Waals surface area (Å²) in [5.74, 6) is 0.338. The molecule has 1 aliphatic heterocycles. The average molecular weight is 408 g/mol. The highest BCUT2D eigenvalue weighted by molar-refractivity contribution is 5.94. The molecule has 2 atom stereocenters. The van der Waals surface area contributed by atoms with Gasteiger partial charge in [-0.15, -0.1) is 0 Å². The predicted molar refractivity (Wildman–Crippen MR) is 108 cm³/mol. The van der Waals surface area contributed by atoms with Crippen LogP contribution >= 0.6 is 0 Å². The molecule has 0 aliphatic carbocycles. The monoisotopic (exact) mass is 408 g/mol. The van der Waals surface area contributed by atoms with Crippen molar-refractivity contribution in [2.45, 2.75) is 25.6 Å². The zero-order valence-electron chi connectivity index (χ0n) is 17.2. The van der Waals surface area contributed by atoms with Gasteiger partial charge in [-0.05, 0) is 50.7 Å². The maximum Gasteiger partial charge on any atom is 0.418 e. The van der Waals surface area contributed by atoms with E-state index in [1.165, 1.54) is 12.3 Å². The number of carbonyl (C=O) groups excluding carboxylic acids is 1. The lowest BCUT2D eigenvalue weighted by molar-refractivity contribution is -0.136. The molecule has 8 heteroatoms. The number of likely N-dealkylation sites (N-methyl/N-ethyl adjacent to an activating group) is 2. The van der Waals surface area contributed by atoms with E-state index in [1.54, 1.807) is 24.1 Å². The number of aromatic nitrogens is 1. The molecule has 158 valence electrons. The molecule has 2 heterocycles. The van der Waals surface area contributed by atoms with Gasteiger partial charge in [0.15, 0.2) is 0 Å². The topological polar surface area (TPSA) is 39.7 Å². The minimum Gasteiger partial charge on any atom is -0.369 e. The van der Waals surface area contributed by atoms with E-state index in [9.17, 15) is 18.0 Å². The van der Waals surface area contributed by atoms with Gasteiger partial charge in [0.1, 0.15) is 0 Å². The van der Waals surface area contributed by atoms with Gasteiger partial charge in [-0.25, -0.2) is 0 Å². The lowest BCUT2D eigenvalue weighted by Crippen LogP contribution is -2.52. The van der Waals surface area contributed by atoms with Gasteiger partial charge in [0, 0.05) is 43.4 Å². The van der Waals surface area contributed by atoms with Crippen LogP contribution in [0.2, 0.25) is 0 Å². The first kappa shape index (κ1) is 21.4. The van der Waals surface area contributed by atoms with E-state index in [0.717, 1.165) is 24.7 Å². The minimum absolute atomic E-state index is 0.000198. The zero-order valence-corrected chi connectivity index (χ0v) is 17.2. The second kappa shape index (κ2) is 8.18. The molecule has 1 aliphatic rings. The quantitative estimate of drug-likeness (QED) is 0.777. The summed E-state index contributed by atoms with van der Waals surface area (Å²) >= 11 is 0. The van der Waals surface area contributed by atoms with Crippen LogP contribution in [0.1, 0.15) is 18.9 Å². The molecule has 29 heavy (non-hydrogen) atoms. The fraction of sp³-hybridized carbons (Fsp3) is 0.524. The molecular formula is C21H27F3N4O. The lowest BCUT2D eigenvalue weighted by atomic mass is 9.93. The maximum atomic E-state index is 13.4. The Morgan fingerprint density at radius 1 is 1.21 bits per heavy atom. The summed E-state index contributed by atoms with van der Waals surface area (Å²) in [5, 5.41) is 0.484. The standard InChI is InChI=1S/C21H27F3N4O/c1-14-10-15(27(4)19(29)13-26(2)3)12-28(11-14)18-8-7-17(21(22,23)24)20-16(18)6-5-9-25-20/h5-9,14-15H,10-13H2,1-4H3. The second-order valence-corrected chi connectivity index (χ2v) is 8.17. The van der Waals surface area contributed by atoms with E-state index in [2.05, 4.69) is 16.8 Å². The van der Waals surface area contributed by atoms with Gasteiger partial charge in [0.25, 0.3) is 0 Å². The Balaban J connectivity index is 1.94. The summed E-state index contributed by atoms with van der Waals surface area (Å²) in [7, 11) is 5.50. The van der Waals surface area contributed by atoms with E-state index in [-0.39, 0.29) is 17.5 Å².